The van der Waals surface area contributed by atoms with Crippen LogP contribution in [0.25, 0.3) is 0 Å². The third-order valence-corrected chi connectivity index (χ3v) is 12.4. The molecule has 0 saturated heterocycles. The molecule has 1 unspecified atom stereocenters. The first-order valence-electron chi connectivity index (χ1n) is 25.2. The molecule has 0 aromatic carbocycles. The maximum absolute atomic E-state index is 12.9. The van der Waals surface area contributed by atoms with Crippen molar-refractivity contribution < 1.29 is 32.9 Å². The zero-order chi connectivity index (χ0) is 43.6. The number of nitrogens with one attached hydrogen (secondary N) is 1. The van der Waals surface area contributed by atoms with Gasteiger partial charge in [-0.1, -0.05) is 192 Å². The molecule has 350 valence electrons. The summed E-state index contributed by atoms with van der Waals surface area (Å²) in [5, 5.41) is 13.9. The molecule has 0 bridgehead atoms. The lowest BCUT2D eigenvalue weighted by atomic mass is 10.0. The highest BCUT2D eigenvalue weighted by Gasteiger charge is 2.24. The van der Waals surface area contributed by atoms with Gasteiger partial charge < -0.3 is 28.8 Å². The van der Waals surface area contributed by atoms with Crippen molar-refractivity contribution in [3.63, 3.8) is 0 Å². The first-order chi connectivity index (χ1) is 28.5. The number of carbonyl (C=O) groups excluding carboxylic acids is 1. The van der Waals surface area contributed by atoms with Crippen LogP contribution in [0.4, 0.5) is 0 Å². The predicted molar refractivity (Wildman–Crippen MR) is 252 cm³/mol. The number of likely N-dealkylation sites (N-methyl/N-ethyl adjacent to an activating group) is 1. The van der Waals surface area contributed by atoms with E-state index < -0.39 is 20.0 Å². The standard InChI is InChI=1S/C50H99N2O6P/c1-6-8-10-12-14-16-18-20-22-23-24-25-26-27-28-29-30-32-34-36-38-40-42-44-50(54)51-48(47-58-59(55,56)57-46-45-52(3,4)5)49(53)43-41-39-37-35-33-31-21-19-17-15-13-11-9-7-2/h20,22,33,35,48-49,53H,6-19,21,23-32,34,36-47H2,1-5H3,(H-,51,54,55,56)/b22-20+,35-33+/t48-,49+/m0/s1. The van der Waals surface area contributed by atoms with E-state index in [1.165, 1.54) is 167 Å². The Morgan fingerprint density at radius 3 is 1.32 bits per heavy atom. The molecule has 0 aliphatic rings. The summed E-state index contributed by atoms with van der Waals surface area (Å²) in [6, 6.07) is -0.814. The fraction of sp³-hybridized carbons (Fsp3) is 0.900. The quantitative estimate of drug-likeness (QED) is 0.0273. The molecule has 0 aliphatic heterocycles. The van der Waals surface area contributed by atoms with E-state index in [4.69, 9.17) is 9.05 Å². The molecule has 0 aromatic heterocycles. The Morgan fingerprint density at radius 1 is 0.576 bits per heavy atom. The Bertz CT molecular complexity index is 1020. The van der Waals surface area contributed by atoms with Gasteiger partial charge in [-0.15, -0.1) is 0 Å². The Balaban J connectivity index is 4.22. The van der Waals surface area contributed by atoms with Gasteiger partial charge in [-0.2, -0.15) is 0 Å². The van der Waals surface area contributed by atoms with Crippen molar-refractivity contribution in [1.82, 2.24) is 5.32 Å². The summed E-state index contributed by atoms with van der Waals surface area (Å²) in [4.78, 5) is 25.4. The van der Waals surface area contributed by atoms with Crippen molar-refractivity contribution in [1.29, 1.82) is 0 Å². The zero-order valence-electron chi connectivity index (χ0n) is 39.7. The van der Waals surface area contributed by atoms with Crippen molar-refractivity contribution in [3.8, 4) is 0 Å². The van der Waals surface area contributed by atoms with Crippen LogP contribution >= 0.6 is 7.82 Å². The van der Waals surface area contributed by atoms with Crippen molar-refractivity contribution in [3.05, 3.63) is 24.3 Å². The summed E-state index contributed by atoms with van der Waals surface area (Å²) in [5.74, 6) is -0.173. The number of aliphatic hydroxyl groups is 1. The monoisotopic (exact) mass is 855 g/mol. The largest absolute Gasteiger partial charge is 0.756 e. The minimum Gasteiger partial charge on any atom is -0.756 e. The van der Waals surface area contributed by atoms with Crippen LogP contribution in [-0.2, 0) is 18.4 Å². The summed E-state index contributed by atoms with van der Waals surface area (Å²) in [6.45, 7) is 4.71. The fourth-order valence-corrected chi connectivity index (χ4v) is 8.11. The maximum atomic E-state index is 12.9. The van der Waals surface area contributed by atoms with Crippen molar-refractivity contribution >= 4 is 13.7 Å². The molecule has 0 radical (unpaired) electrons. The molecule has 59 heavy (non-hydrogen) atoms. The third-order valence-electron chi connectivity index (χ3n) is 11.4. The number of rotatable bonds is 46. The number of amides is 1. The second-order valence-corrected chi connectivity index (χ2v) is 19.9. The zero-order valence-corrected chi connectivity index (χ0v) is 40.6. The molecule has 9 heteroatoms. The Morgan fingerprint density at radius 2 is 0.932 bits per heavy atom. The number of quaternary nitrogens is 1. The highest BCUT2D eigenvalue weighted by Crippen LogP contribution is 2.38. The van der Waals surface area contributed by atoms with Crippen molar-refractivity contribution in [2.75, 3.05) is 40.9 Å². The van der Waals surface area contributed by atoms with Gasteiger partial charge in [-0.25, -0.2) is 0 Å². The smallest absolute Gasteiger partial charge is 0.268 e. The number of hydrogen-bond donors (Lipinski definition) is 2. The van der Waals surface area contributed by atoms with E-state index in [2.05, 4.69) is 43.5 Å². The summed E-state index contributed by atoms with van der Waals surface area (Å²) in [7, 11) is 1.29. The minimum atomic E-state index is -4.57. The Labute approximate surface area is 366 Å². The number of hydrogen-bond acceptors (Lipinski definition) is 6. The van der Waals surface area contributed by atoms with Crippen LogP contribution in [0.15, 0.2) is 24.3 Å². The summed E-state index contributed by atoms with van der Waals surface area (Å²) >= 11 is 0. The van der Waals surface area contributed by atoms with E-state index in [-0.39, 0.29) is 19.1 Å². The van der Waals surface area contributed by atoms with E-state index in [0.717, 1.165) is 44.9 Å². The second-order valence-electron chi connectivity index (χ2n) is 18.5. The fourth-order valence-electron chi connectivity index (χ4n) is 7.38. The van der Waals surface area contributed by atoms with Crippen LogP contribution < -0.4 is 10.2 Å². The van der Waals surface area contributed by atoms with Crippen LogP contribution in [0.3, 0.4) is 0 Å². The molecule has 0 saturated carbocycles. The van der Waals surface area contributed by atoms with Gasteiger partial charge in [0.15, 0.2) is 0 Å². The molecule has 0 spiro atoms. The van der Waals surface area contributed by atoms with Gasteiger partial charge in [0.05, 0.1) is 39.9 Å². The number of phosphoric ester groups is 1. The lowest BCUT2D eigenvalue weighted by Gasteiger charge is -2.30. The number of aliphatic hydroxyl groups excluding tert-OH is 1. The van der Waals surface area contributed by atoms with Gasteiger partial charge in [0.25, 0.3) is 7.82 Å². The molecular weight excluding hydrogens is 756 g/mol. The first kappa shape index (κ1) is 58.0. The van der Waals surface area contributed by atoms with Crippen molar-refractivity contribution in [2.45, 2.75) is 251 Å². The lowest BCUT2D eigenvalue weighted by Crippen LogP contribution is -2.46. The highest BCUT2D eigenvalue weighted by atomic mass is 31.2. The molecule has 2 N–H and O–H groups in total. The second kappa shape index (κ2) is 42.3. The molecule has 0 aromatic rings. The van der Waals surface area contributed by atoms with Gasteiger partial charge in [0.1, 0.15) is 13.2 Å². The highest BCUT2D eigenvalue weighted by molar-refractivity contribution is 7.45. The Hall–Kier alpha value is -1.02. The molecular formula is C50H99N2O6P. The van der Waals surface area contributed by atoms with Crippen LogP contribution in [0.1, 0.15) is 239 Å². The summed E-state index contributed by atoms with van der Waals surface area (Å²) in [6.07, 6.45) is 50.5. The molecule has 0 heterocycles. The summed E-state index contributed by atoms with van der Waals surface area (Å²) < 4.78 is 23.3. The van der Waals surface area contributed by atoms with Gasteiger partial charge in [0, 0.05) is 6.42 Å². The summed E-state index contributed by atoms with van der Waals surface area (Å²) in [5.41, 5.74) is 0. The van der Waals surface area contributed by atoms with E-state index in [1.807, 2.05) is 21.1 Å². The Kier molecular flexibility index (Phi) is 41.6. The van der Waals surface area contributed by atoms with E-state index in [0.29, 0.717) is 23.9 Å². The molecule has 0 aliphatic carbocycles. The topological polar surface area (TPSA) is 108 Å². The van der Waals surface area contributed by atoms with Gasteiger partial charge in [0.2, 0.25) is 5.91 Å². The van der Waals surface area contributed by atoms with E-state index in [9.17, 15) is 19.4 Å². The first-order valence-corrected chi connectivity index (χ1v) is 26.6. The average molecular weight is 855 g/mol. The number of nitrogens with zero attached hydrogens (tertiary/aromatic N) is 1. The normalized spacial score (nSPS) is 14.4. The molecule has 1 amide bonds. The molecule has 0 fully saturated rings. The maximum Gasteiger partial charge on any atom is 0.268 e. The van der Waals surface area contributed by atoms with Gasteiger partial charge >= 0.3 is 0 Å². The number of phosphoric acid groups is 1. The SMILES string of the molecule is CCCCCCCC/C=C/CCCCCCCCCCCCCCCC(=O)N[C@@H](COP(=O)([O-])OCC[N+](C)(C)C)[C@H](O)CCCC/C=C/CCCCCCCCCC. The van der Waals surface area contributed by atoms with Gasteiger partial charge in [-0.3, -0.25) is 9.36 Å². The van der Waals surface area contributed by atoms with Crippen LogP contribution in [0.5, 0.6) is 0 Å². The number of allylic oxidation sites excluding steroid dienone is 4. The average Bonchev–Trinajstić information content (AvgIpc) is 3.19. The third kappa shape index (κ3) is 44.8. The predicted octanol–water partition coefficient (Wildman–Crippen LogP) is 13.8. The van der Waals surface area contributed by atoms with Crippen molar-refractivity contribution in [2.24, 2.45) is 0 Å². The minimum absolute atomic E-state index is 0.00821. The number of unbranched alkanes of at least 4 members (excludes halogenated alkanes) is 29. The van der Waals surface area contributed by atoms with E-state index >= 15 is 0 Å². The van der Waals surface area contributed by atoms with Crippen LogP contribution in [-0.4, -0.2) is 68.5 Å². The van der Waals surface area contributed by atoms with Gasteiger partial charge in [-0.05, 0) is 64.2 Å². The number of carbonyl (C=O) groups is 1. The molecule has 3 atom stereocenters. The van der Waals surface area contributed by atoms with E-state index in [1.54, 1.807) is 0 Å². The van der Waals surface area contributed by atoms with Crippen LogP contribution in [0, 0.1) is 0 Å². The molecule has 0 rings (SSSR count). The lowest BCUT2D eigenvalue weighted by molar-refractivity contribution is -0.870. The van der Waals surface area contributed by atoms with Crippen LogP contribution in [0.2, 0.25) is 0 Å². The molecule has 8 nitrogen and oxygen atoms in total.